The van der Waals surface area contributed by atoms with E-state index in [2.05, 4.69) is 10.2 Å². The molecule has 0 bridgehead atoms. The third kappa shape index (κ3) is 1.89. The zero-order chi connectivity index (χ0) is 10.9. The van der Waals surface area contributed by atoms with Crippen LogP contribution in [0.2, 0.25) is 0 Å². The highest BCUT2D eigenvalue weighted by Crippen LogP contribution is 2.12. The van der Waals surface area contributed by atoms with Crippen LogP contribution >= 0.6 is 0 Å². The monoisotopic (exact) mass is 222 g/mol. The highest BCUT2D eigenvalue weighted by Gasteiger charge is 2.13. The van der Waals surface area contributed by atoms with Gasteiger partial charge in [0.15, 0.2) is 0 Å². The Balaban J connectivity index is 2.61. The summed E-state index contributed by atoms with van der Waals surface area (Å²) in [5, 5.41) is 7.57. The zero-order valence-corrected chi connectivity index (χ0v) is 8.94. The van der Waals surface area contributed by atoms with E-state index >= 15 is 0 Å². The van der Waals surface area contributed by atoms with E-state index in [1.807, 2.05) is 30.3 Å². The second kappa shape index (κ2) is 3.47. The van der Waals surface area contributed by atoms with E-state index in [1.165, 1.54) is 12.6 Å². The Labute approximate surface area is 87.7 Å². The van der Waals surface area contributed by atoms with Gasteiger partial charge in [0, 0.05) is 11.9 Å². The molecule has 0 amide bonds. The van der Waals surface area contributed by atoms with Gasteiger partial charge in [-0.05, 0) is 12.1 Å². The molecule has 0 spiro atoms. The van der Waals surface area contributed by atoms with Crippen LogP contribution in [-0.2, 0) is 9.73 Å². The Morgan fingerprint density at radius 2 is 2.00 bits per heavy atom. The Morgan fingerprint density at radius 1 is 1.33 bits per heavy atom. The van der Waals surface area contributed by atoms with Gasteiger partial charge >= 0.3 is 0 Å². The summed E-state index contributed by atoms with van der Waals surface area (Å²) in [6.07, 6.45) is 2.79. The van der Waals surface area contributed by atoms with Crippen LogP contribution in [0.5, 0.6) is 0 Å². The molecule has 1 aromatic heterocycles. The number of rotatable bonds is 2. The molecule has 5 nitrogen and oxygen atoms in total. The van der Waals surface area contributed by atoms with Crippen molar-refractivity contribution in [1.82, 2.24) is 14.8 Å². The second-order valence-corrected chi connectivity index (χ2v) is 5.22. The molecule has 2 aromatic rings. The van der Waals surface area contributed by atoms with Crippen molar-refractivity contribution in [3.63, 3.8) is 0 Å². The molecular weight excluding hydrogens is 212 g/mol. The van der Waals surface area contributed by atoms with Gasteiger partial charge in [0.05, 0.1) is 0 Å². The quantitative estimate of drug-likeness (QED) is 0.832. The number of benzene rings is 1. The molecule has 78 valence electrons. The first kappa shape index (κ1) is 9.85. The molecule has 0 aliphatic rings. The van der Waals surface area contributed by atoms with E-state index in [1.54, 1.807) is 4.57 Å². The Kier molecular flexibility index (Phi) is 2.28. The van der Waals surface area contributed by atoms with Gasteiger partial charge in [0.25, 0.3) is 0 Å². The van der Waals surface area contributed by atoms with Crippen molar-refractivity contribution in [3.8, 4) is 5.69 Å². The van der Waals surface area contributed by atoms with Gasteiger partial charge in [0.1, 0.15) is 16.1 Å². The summed E-state index contributed by atoms with van der Waals surface area (Å²) in [4.78, 5) is 0. The van der Waals surface area contributed by atoms with Crippen molar-refractivity contribution in [2.75, 3.05) is 6.26 Å². The van der Waals surface area contributed by atoms with Gasteiger partial charge in [-0.15, -0.1) is 10.2 Å². The lowest BCUT2D eigenvalue weighted by Crippen LogP contribution is -2.05. The number of nitrogens with zero attached hydrogens (tertiary/aromatic N) is 3. The summed E-state index contributed by atoms with van der Waals surface area (Å²) in [7, 11) is -2.85. The average Bonchev–Trinajstić information content (AvgIpc) is 2.67. The molecular formula is C9H10N4OS. The molecule has 0 unspecified atom stereocenters. The van der Waals surface area contributed by atoms with Gasteiger partial charge in [-0.1, -0.05) is 18.2 Å². The average molecular weight is 222 g/mol. The SMILES string of the molecule is C[S@](=N)(=O)c1nncn1-c1ccccc1. The molecule has 0 saturated carbocycles. The highest BCUT2D eigenvalue weighted by atomic mass is 32.2. The largest absolute Gasteiger partial charge is 0.274 e. The maximum atomic E-state index is 11.6. The smallest absolute Gasteiger partial charge is 0.234 e. The number of para-hydroxylation sites is 1. The fourth-order valence-corrected chi connectivity index (χ4v) is 1.99. The summed E-state index contributed by atoms with van der Waals surface area (Å²) in [6.45, 7) is 0. The number of hydrogen-bond acceptors (Lipinski definition) is 4. The third-order valence-electron chi connectivity index (χ3n) is 1.90. The summed E-state index contributed by atoms with van der Waals surface area (Å²) >= 11 is 0. The molecule has 2 rings (SSSR count). The normalized spacial score (nSPS) is 14.7. The molecule has 1 aromatic carbocycles. The first-order valence-electron chi connectivity index (χ1n) is 4.28. The van der Waals surface area contributed by atoms with E-state index in [4.69, 9.17) is 4.78 Å². The van der Waals surface area contributed by atoms with E-state index in [-0.39, 0.29) is 5.16 Å². The third-order valence-corrected chi connectivity index (χ3v) is 2.87. The molecule has 1 atom stereocenters. The van der Waals surface area contributed by atoms with Gasteiger partial charge in [-0.3, -0.25) is 4.57 Å². The first-order valence-corrected chi connectivity index (χ1v) is 6.25. The molecule has 0 saturated heterocycles. The van der Waals surface area contributed by atoms with E-state index in [9.17, 15) is 4.21 Å². The number of aromatic nitrogens is 3. The fraction of sp³-hybridized carbons (Fsp3) is 0.111. The maximum absolute atomic E-state index is 11.6. The summed E-state index contributed by atoms with van der Waals surface area (Å²) in [5.41, 5.74) is 0.805. The summed E-state index contributed by atoms with van der Waals surface area (Å²) in [6, 6.07) is 9.30. The van der Waals surface area contributed by atoms with Gasteiger partial charge in [0.2, 0.25) is 5.16 Å². The minimum absolute atomic E-state index is 0.175. The number of hydrogen-bond donors (Lipinski definition) is 1. The predicted octanol–water partition coefficient (Wildman–Crippen LogP) is 1.30. The molecule has 0 fully saturated rings. The van der Waals surface area contributed by atoms with Crippen LogP contribution in [0.15, 0.2) is 41.8 Å². The first-order chi connectivity index (χ1) is 7.09. The minimum atomic E-state index is -2.85. The van der Waals surface area contributed by atoms with Crippen molar-refractivity contribution in [2.45, 2.75) is 5.16 Å². The molecule has 0 aliphatic heterocycles. The van der Waals surface area contributed by atoms with Gasteiger partial charge in [-0.2, -0.15) is 0 Å². The van der Waals surface area contributed by atoms with Crippen LogP contribution < -0.4 is 0 Å². The van der Waals surface area contributed by atoms with E-state index in [0.29, 0.717) is 0 Å². The van der Waals surface area contributed by atoms with E-state index in [0.717, 1.165) is 5.69 Å². The topological polar surface area (TPSA) is 71.6 Å². The van der Waals surface area contributed by atoms with Crippen LogP contribution in [0.4, 0.5) is 0 Å². The van der Waals surface area contributed by atoms with Gasteiger partial charge in [-0.25, -0.2) is 8.99 Å². The molecule has 1 N–H and O–H groups in total. The second-order valence-electron chi connectivity index (χ2n) is 3.16. The van der Waals surface area contributed by atoms with Crippen LogP contribution in [0, 0.1) is 4.78 Å². The fourth-order valence-electron chi connectivity index (χ4n) is 1.26. The van der Waals surface area contributed by atoms with Gasteiger partial charge < -0.3 is 0 Å². The molecule has 1 heterocycles. The lowest BCUT2D eigenvalue weighted by Gasteiger charge is -2.05. The van der Waals surface area contributed by atoms with Crippen LogP contribution in [0.3, 0.4) is 0 Å². The van der Waals surface area contributed by atoms with Crippen LogP contribution in [-0.4, -0.2) is 25.2 Å². The Morgan fingerprint density at radius 3 is 2.60 bits per heavy atom. The maximum Gasteiger partial charge on any atom is 0.234 e. The standard InChI is InChI=1S/C9H10N4OS/c1-15(10,14)9-12-11-7-13(9)8-5-3-2-4-6-8/h2-7,10H,1H3/t15-/m0/s1. The predicted molar refractivity (Wildman–Crippen MR) is 56.4 cm³/mol. The van der Waals surface area contributed by atoms with Crippen LogP contribution in [0.25, 0.3) is 5.69 Å². The van der Waals surface area contributed by atoms with Crippen molar-refractivity contribution >= 4 is 9.73 Å². The molecule has 0 aliphatic carbocycles. The minimum Gasteiger partial charge on any atom is -0.274 e. The van der Waals surface area contributed by atoms with Crippen molar-refractivity contribution in [1.29, 1.82) is 4.78 Å². The van der Waals surface area contributed by atoms with Crippen molar-refractivity contribution in [3.05, 3.63) is 36.7 Å². The highest BCUT2D eigenvalue weighted by molar-refractivity contribution is 7.91. The van der Waals surface area contributed by atoms with E-state index < -0.39 is 9.73 Å². The van der Waals surface area contributed by atoms with Crippen LogP contribution in [0.1, 0.15) is 0 Å². The lowest BCUT2D eigenvalue weighted by molar-refractivity contribution is 0.667. The van der Waals surface area contributed by atoms with Crippen molar-refractivity contribution < 1.29 is 4.21 Å². The van der Waals surface area contributed by atoms with Crippen molar-refractivity contribution in [2.24, 2.45) is 0 Å². The summed E-state index contributed by atoms with van der Waals surface area (Å²) < 4.78 is 20.6. The molecule has 15 heavy (non-hydrogen) atoms. The lowest BCUT2D eigenvalue weighted by atomic mass is 10.3. The number of nitrogens with one attached hydrogen (secondary N) is 1. The Bertz CT molecular complexity index is 559. The Hall–Kier alpha value is -1.69. The molecule has 6 heteroatoms. The molecule has 0 radical (unpaired) electrons. The summed E-state index contributed by atoms with van der Waals surface area (Å²) in [5.74, 6) is 0. The zero-order valence-electron chi connectivity index (χ0n) is 8.12.